The van der Waals surface area contributed by atoms with Crippen LogP contribution in [0.3, 0.4) is 0 Å². The smallest absolute Gasteiger partial charge is 0.309 e. The molecule has 0 spiro atoms. The van der Waals surface area contributed by atoms with E-state index in [0.29, 0.717) is 63.6 Å². The molecular weight excluding hydrogens is 430 g/mol. The molecule has 0 saturated carbocycles. The molecule has 1 amide bonds. The van der Waals surface area contributed by atoms with Crippen LogP contribution in [0.25, 0.3) is 0 Å². The molecule has 3 rings (SSSR count). The number of likely N-dealkylation sites (tertiary alicyclic amines) is 1. The standard InChI is InChI=1S/C23H35N3O5S/c1-5-31-23(28)20-6-8-25(9-7-20)21(27)16-24-10-12-26(13-11-24)32(29,30)22-18(3)14-17(2)15-19(22)4/h14-15,20H,5-13,16H2,1-4H3. The van der Waals surface area contributed by atoms with Gasteiger partial charge in [0, 0.05) is 39.3 Å². The third-order valence-corrected chi connectivity index (χ3v) is 8.57. The average molecular weight is 466 g/mol. The molecule has 2 fully saturated rings. The third kappa shape index (κ3) is 5.50. The molecule has 0 bridgehead atoms. The van der Waals surface area contributed by atoms with Crippen molar-refractivity contribution in [1.82, 2.24) is 14.1 Å². The summed E-state index contributed by atoms with van der Waals surface area (Å²) in [7, 11) is -3.56. The summed E-state index contributed by atoms with van der Waals surface area (Å²) >= 11 is 0. The fourth-order valence-corrected chi connectivity index (χ4v) is 6.58. The number of carbonyl (C=O) groups excluding carboxylic acids is 2. The van der Waals surface area contributed by atoms with Gasteiger partial charge in [0.25, 0.3) is 0 Å². The van der Waals surface area contributed by atoms with Crippen LogP contribution in [0.4, 0.5) is 0 Å². The SMILES string of the molecule is CCOC(=O)C1CCN(C(=O)CN2CCN(S(=O)(=O)c3c(C)cc(C)cc3C)CC2)CC1. The summed E-state index contributed by atoms with van der Waals surface area (Å²) in [6, 6.07) is 3.81. The first kappa shape index (κ1) is 24.7. The number of hydrogen-bond acceptors (Lipinski definition) is 6. The number of aryl methyl sites for hydroxylation is 3. The summed E-state index contributed by atoms with van der Waals surface area (Å²) in [6.45, 7) is 11.0. The van der Waals surface area contributed by atoms with Gasteiger partial charge in [0.05, 0.1) is 24.0 Å². The van der Waals surface area contributed by atoms with Crippen LogP contribution in [0.2, 0.25) is 0 Å². The Kier molecular flexibility index (Phi) is 7.95. The largest absolute Gasteiger partial charge is 0.466 e. The van der Waals surface area contributed by atoms with Crippen molar-refractivity contribution < 1.29 is 22.7 Å². The molecule has 2 aliphatic heterocycles. The van der Waals surface area contributed by atoms with Crippen LogP contribution < -0.4 is 0 Å². The zero-order valence-electron chi connectivity index (χ0n) is 19.6. The number of piperidine rings is 1. The molecule has 0 aromatic heterocycles. The Morgan fingerprint density at radius 1 is 0.969 bits per heavy atom. The van der Waals surface area contributed by atoms with Gasteiger partial charge in [-0.15, -0.1) is 0 Å². The third-order valence-electron chi connectivity index (χ3n) is 6.36. The van der Waals surface area contributed by atoms with Gasteiger partial charge in [-0.1, -0.05) is 17.7 Å². The van der Waals surface area contributed by atoms with Crippen LogP contribution in [0.15, 0.2) is 17.0 Å². The zero-order chi connectivity index (χ0) is 23.5. The number of hydrogen-bond donors (Lipinski definition) is 0. The topological polar surface area (TPSA) is 87.2 Å². The molecule has 0 N–H and O–H groups in total. The molecule has 9 heteroatoms. The van der Waals surface area contributed by atoms with Crippen molar-refractivity contribution in [3.63, 3.8) is 0 Å². The number of rotatable bonds is 6. The van der Waals surface area contributed by atoms with E-state index in [4.69, 9.17) is 4.74 Å². The molecule has 0 radical (unpaired) electrons. The quantitative estimate of drug-likeness (QED) is 0.595. The van der Waals surface area contributed by atoms with E-state index < -0.39 is 10.0 Å². The van der Waals surface area contributed by atoms with Gasteiger partial charge < -0.3 is 9.64 Å². The monoisotopic (exact) mass is 465 g/mol. The summed E-state index contributed by atoms with van der Waals surface area (Å²) in [5, 5.41) is 0. The number of ether oxygens (including phenoxy) is 1. The molecular formula is C23H35N3O5S. The van der Waals surface area contributed by atoms with Gasteiger partial charge in [-0.25, -0.2) is 8.42 Å². The molecule has 8 nitrogen and oxygen atoms in total. The highest BCUT2D eigenvalue weighted by Crippen LogP contribution is 2.26. The number of piperazine rings is 1. The number of esters is 1. The summed E-state index contributed by atoms with van der Waals surface area (Å²) in [5.41, 5.74) is 2.59. The van der Waals surface area contributed by atoms with E-state index in [1.54, 1.807) is 11.8 Å². The van der Waals surface area contributed by atoms with E-state index in [-0.39, 0.29) is 24.3 Å². The predicted octanol–water partition coefficient (Wildman–Crippen LogP) is 1.72. The van der Waals surface area contributed by atoms with Gasteiger partial charge in [-0.2, -0.15) is 4.31 Å². The normalized spacial score (nSPS) is 19.2. The van der Waals surface area contributed by atoms with E-state index >= 15 is 0 Å². The van der Waals surface area contributed by atoms with Crippen molar-refractivity contribution in [2.45, 2.75) is 45.4 Å². The highest BCUT2D eigenvalue weighted by Gasteiger charge is 2.33. The maximum absolute atomic E-state index is 13.2. The minimum absolute atomic E-state index is 0.0360. The fourth-order valence-electron chi connectivity index (χ4n) is 4.75. The molecule has 0 atom stereocenters. The molecule has 178 valence electrons. The van der Waals surface area contributed by atoms with E-state index in [1.807, 2.05) is 37.8 Å². The molecule has 1 aromatic carbocycles. The van der Waals surface area contributed by atoms with Gasteiger partial charge in [-0.3, -0.25) is 14.5 Å². The second-order valence-electron chi connectivity index (χ2n) is 8.82. The second-order valence-corrected chi connectivity index (χ2v) is 10.7. The zero-order valence-corrected chi connectivity index (χ0v) is 20.4. The lowest BCUT2D eigenvalue weighted by atomic mass is 9.97. The molecule has 2 saturated heterocycles. The maximum Gasteiger partial charge on any atom is 0.309 e. The van der Waals surface area contributed by atoms with Gasteiger partial charge in [-0.05, 0) is 51.7 Å². The minimum atomic E-state index is -3.56. The molecule has 2 aliphatic rings. The van der Waals surface area contributed by atoms with E-state index in [9.17, 15) is 18.0 Å². The fraction of sp³-hybridized carbons (Fsp3) is 0.652. The molecule has 0 unspecified atom stereocenters. The Hall–Kier alpha value is -1.97. The van der Waals surface area contributed by atoms with Gasteiger partial charge >= 0.3 is 5.97 Å². The van der Waals surface area contributed by atoms with Crippen LogP contribution in [-0.2, 0) is 24.3 Å². The van der Waals surface area contributed by atoms with Crippen molar-refractivity contribution in [3.05, 3.63) is 28.8 Å². The average Bonchev–Trinajstić information content (AvgIpc) is 2.73. The second kappa shape index (κ2) is 10.3. The lowest BCUT2D eigenvalue weighted by molar-refractivity contribution is -0.151. The molecule has 32 heavy (non-hydrogen) atoms. The van der Waals surface area contributed by atoms with Gasteiger partial charge in [0.2, 0.25) is 15.9 Å². The number of carbonyl (C=O) groups is 2. The lowest BCUT2D eigenvalue weighted by Crippen LogP contribution is -2.52. The number of amides is 1. The van der Waals surface area contributed by atoms with Crippen LogP contribution >= 0.6 is 0 Å². The summed E-state index contributed by atoms with van der Waals surface area (Å²) in [4.78, 5) is 28.8. The van der Waals surface area contributed by atoms with E-state index in [1.165, 1.54) is 4.31 Å². The molecule has 0 aliphatic carbocycles. The first-order chi connectivity index (χ1) is 15.1. The maximum atomic E-state index is 13.2. The van der Waals surface area contributed by atoms with Crippen molar-refractivity contribution in [3.8, 4) is 0 Å². The first-order valence-electron chi connectivity index (χ1n) is 11.4. The Morgan fingerprint density at radius 2 is 1.53 bits per heavy atom. The number of sulfonamides is 1. The Bertz CT molecular complexity index is 923. The lowest BCUT2D eigenvalue weighted by Gasteiger charge is -2.36. The number of benzene rings is 1. The molecule has 2 heterocycles. The van der Waals surface area contributed by atoms with E-state index in [2.05, 4.69) is 0 Å². The van der Waals surface area contributed by atoms with Crippen LogP contribution in [-0.4, -0.2) is 86.8 Å². The minimum Gasteiger partial charge on any atom is -0.466 e. The van der Waals surface area contributed by atoms with Crippen molar-refractivity contribution in [2.24, 2.45) is 5.92 Å². The van der Waals surface area contributed by atoms with E-state index in [0.717, 1.165) is 16.7 Å². The van der Waals surface area contributed by atoms with Crippen LogP contribution in [0.1, 0.15) is 36.5 Å². The predicted molar refractivity (Wildman–Crippen MR) is 122 cm³/mol. The highest BCUT2D eigenvalue weighted by atomic mass is 32.2. The summed E-state index contributed by atoms with van der Waals surface area (Å²) in [6.07, 6.45) is 1.26. The summed E-state index contributed by atoms with van der Waals surface area (Å²) < 4.78 is 33.1. The Balaban J connectivity index is 1.52. The molecule has 1 aromatic rings. The Labute approximate surface area is 191 Å². The number of nitrogens with zero attached hydrogens (tertiary/aromatic N) is 3. The first-order valence-corrected chi connectivity index (χ1v) is 12.8. The summed E-state index contributed by atoms with van der Waals surface area (Å²) in [5.74, 6) is -0.258. The van der Waals surface area contributed by atoms with Crippen molar-refractivity contribution in [1.29, 1.82) is 0 Å². The van der Waals surface area contributed by atoms with Crippen molar-refractivity contribution in [2.75, 3.05) is 52.4 Å². The van der Waals surface area contributed by atoms with Crippen LogP contribution in [0.5, 0.6) is 0 Å². The van der Waals surface area contributed by atoms with Crippen molar-refractivity contribution >= 4 is 21.9 Å². The van der Waals surface area contributed by atoms with Gasteiger partial charge in [0.1, 0.15) is 0 Å². The van der Waals surface area contributed by atoms with Gasteiger partial charge in [0.15, 0.2) is 0 Å². The Morgan fingerprint density at radius 3 is 2.06 bits per heavy atom. The van der Waals surface area contributed by atoms with Crippen LogP contribution in [0, 0.1) is 26.7 Å². The highest BCUT2D eigenvalue weighted by molar-refractivity contribution is 7.89.